The number of carbonyl (C=O) groups is 1. The molecule has 0 bridgehead atoms. The van der Waals surface area contributed by atoms with Gasteiger partial charge >= 0.3 is 0 Å². The number of ketones is 1. The molecule has 1 aromatic carbocycles. The average Bonchev–Trinajstić information content (AvgIpc) is 3.32. The van der Waals surface area contributed by atoms with Gasteiger partial charge in [-0.15, -0.1) is 0 Å². The van der Waals surface area contributed by atoms with E-state index in [2.05, 4.69) is 15.1 Å². The molecular formula is C20H17N3O3. The van der Waals surface area contributed by atoms with Crippen LogP contribution in [0.2, 0.25) is 0 Å². The third-order valence-electron chi connectivity index (χ3n) is 5.20. The summed E-state index contributed by atoms with van der Waals surface area (Å²) in [6, 6.07) is 9.18. The van der Waals surface area contributed by atoms with E-state index in [1.807, 2.05) is 24.3 Å². The summed E-state index contributed by atoms with van der Waals surface area (Å²) < 4.78 is 11.6. The van der Waals surface area contributed by atoms with Gasteiger partial charge in [-0.1, -0.05) is 5.16 Å². The van der Waals surface area contributed by atoms with Gasteiger partial charge in [0.25, 0.3) is 5.89 Å². The van der Waals surface area contributed by atoms with E-state index in [4.69, 9.17) is 9.26 Å². The number of hydrogen-bond donors (Lipinski definition) is 0. The molecule has 130 valence electrons. The summed E-state index contributed by atoms with van der Waals surface area (Å²) in [6.45, 7) is 0. The molecule has 0 unspecified atom stereocenters. The van der Waals surface area contributed by atoms with Crippen molar-refractivity contribution in [2.75, 3.05) is 0 Å². The number of fused-ring (bicyclic) bond motifs is 1. The smallest absolute Gasteiger partial charge is 0.258 e. The molecule has 1 spiro atoms. The number of ether oxygens (including phenoxy) is 1. The number of carbonyl (C=O) groups excluding carboxylic acids is 1. The molecule has 5 rings (SSSR count). The predicted octanol–water partition coefficient (Wildman–Crippen LogP) is 4.08. The first-order valence-electron chi connectivity index (χ1n) is 8.83. The Hall–Kier alpha value is -3.02. The maximum absolute atomic E-state index is 12.7. The van der Waals surface area contributed by atoms with Crippen LogP contribution in [0.4, 0.5) is 0 Å². The van der Waals surface area contributed by atoms with Gasteiger partial charge in [-0.25, -0.2) is 0 Å². The molecule has 0 saturated heterocycles. The second-order valence-corrected chi connectivity index (χ2v) is 6.97. The summed E-state index contributed by atoms with van der Waals surface area (Å²) in [5.41, 5.74) is 1.80. The number of rotatable bonds is 2. The number of benzene rings is 1. The van der Waals surface area contributed by atoms with E-state index in [0.29, 0.717) is 35.0 Å². The zero-order valence-corrected chi connectivity index (χ0v) is 14.1. The van der Waals surface area contributed by atoms with Crippen LogP contribution in [0, 0.1) is 0 Å². The van der Waals surface area contributed by atoms with Crippen LogP contribution in [0.25, 0.3) is 22.8 Å². The first-order chi connectivity index (χ1) is 12.7. The Labute approximate surface area is 150 Å². The summed E-state index contributed by atoms with van der Waals surface area (Å²) in [4.78, 5) is 21.2. The highest BCUT2D eigenvalue weighted by Crippen LogP contribution is 2.43. The third kappa shape index (κ3) is 2.49. The molecule has 1 aliphatic carbocycles. The molecule has 0 amide bonds. The number of Topliss-reactive ketones (excluding diaryl/α,β-unsaturated/α-hetero) is 1. The van der Waals surface area contributed by atoms with Crippen molar-refractivity contribution in [3.05, 3.63) is 48.3 Å². The highest BCUT2D eigenvalue weighted by molar-refractivity contribution is 6.01. The van der Waals surface area contributed by atoms with Crippen molar-refractivity contribution in [2.24, 2.45) is 0 Å². The zero-order valence-electron chi connectivity index (χ0n) is 14.1. The maximum Gasteiger partial charge on any atom is 0.258 e. The van der Waals surface area contributed by atoms with Gasteiger partial charge in [-0.05, 0) is 56.0 Å². The fourth-order valence-electron chi connectivity index (χ4n) is 3.88. The fourth-order valence-corrected chi connectivity index (χ4v) is 3.88. The lowest BCUT2D eigenvalue weighted by molar-refractivity contribution is 0.0451. The molecule has 26 heavy (non-hydrogen) atoms. The molecule has 1 aliphatic heterocycles. The van der Waals surface area contributed by atoms with Crippen molar-refractivity contribution >= 4 is 5.78 Å². The fraction of sp³-hybridized carbons (Fsp3) is 0.300. The third-order valence-corrected chi connectivity index (χ3v) is 5.20. The van der Waals surface area contributed by atoms with Crippen LogP contribution in [0.5, 0.6) is 5.75 Å². The average molecular weight is 347 g/mol. The molecule has 1 saturated carbocycles. The Morgan fingerprint density at radius 2 is 1.96 bits per heavy atom. The Morgan fingerprint density at radius 3 is 2.77 bits per heavy atom. The van der Waals surface area contributed by atoms with Crippen LogP contribution in [0.1, 0.15) is 42.5 Å². The van der Waals surface area contributed by atoms with Crippen molar-refractivity contribution in [3.63, 3.8) is 0 Å². The van der Waals surface area contributed by atoms with Gasteiger partial charge in [0.05, 0.1) is 12.0 Å². The molecular weight excluding hydrogens is 330 g/mol. The normalized spacial score (nSPS) is 17.9. The Bertz CT molecular complexity index is 975. The van der Waals surface area contributed by atoms with Gasteiger partial charge in [0.2, 0.25) is 5.82 Å². The van der Waals surface area contributed by atoms with Crippen LogP contribution >= 0.6 is 0 Å². The number of pyridine rings is 1. The van der Waals surface area contributed by atoms with E-state index in [0.717, 1.165) is 31.2 Å². The summed E-state index contributed by atoms with van der Waals surface area (Å²) in [5, 5.41) is 4.01. The minimum absolute atomic E-state index is 0.127. The van der Waals surface area contributed by atoms with Gasteiger partial charge in [0, 0.05) is 23.5 Å². The summed E-state index contributed by atoms with van der Waals surface area (Å²) in [6.07, 6.45) is 7.99. The predicted molar refractivity (Wildman–Crippen MR) is 93.7 cm³/mol. The number of nitrogens with zero attached hydrogens (tertiary/aromatic N) is 3. The van der Waals surface area contributed by atoms with Crippen LogP contribution in [0.15, 0.2) is 47.2 Å². The Morgan fingerprint density at radius 1 is 1.08 bits per heavy atom. The van der Waals surface area contributed by atoms with E-state index >= 15 is 0 Å². The summed E-state index contributed by atoms with van der Waals surface area (Å²) in [7, 11) is 0. The molecule has 3 heterocycles. The molecule has 6 heteroatoms. The molecule has 0 atom stereocenters. The van der Waals surface area contributed by atoms with Crippen molar-refractivity contribution in [3.8, 4) is 28.6 Å². The Balaban J connectivity index is 1.48. The lowest BCUT2D eigenvalue weighted by Crippen LogP contribution is -2.39. The van der Waals surface area contributed by atoms with Gasteiger partial charge in [-0.2, -0.15) is 4.98 Å². The van der Waals surface area contributed by atoms with E-state index in [1.54, 1.807) is 18.5 Å². The second-order valence-electron chi connectivity index (χ2n) is 6.97. The molecule has 1 fully saturated rings. The molecule has 2 aliphatic rings. The van der Waals surface area contributed by atoms with Crippen molar-refractivity contribution < 1.29 is 14.1 Å². The van der Waals surface area contributed by atoms with E-state index in [9.17, 15) is 4.79 Å². The van der Waals surface area contributed by atoms with Crippen molar-refractivity contribution in [1.82, 2.24) is 15.1 Å². The SMILES string of the molecule is O=C1CC2(CCCC2)Oc2ccc(-c3nc(-c4cccnc4)no3)cc21. The van der Waals surface area contributed by atoms with E-state index in [1.165, 1.54) is 0 Å². The molecule has 6 nitrogen and oxygen atoms in total. The monoisotopic (exact) mass is 347 g/mol. The lowest BCUT2D eigenvalue weighted by Gasteiger charge is -2.34. The summed E-state index contributed by atoms with van der Waals surface area (Å²) >= 11 is 0. The first kappa shape index (κ1) is 15.3. The van der Waals surface area contributed by atoms with Crippen molar-refractivity contribution in [1.29, 1.82) is 0 Å². The minimum Gasteiger partial charge on any atom is -0.486 e. The van der Waals surface area contributed by atoms with Crippen LogP contribution < -0.4 is 4.74 Å². The van der Waals surface area contributed by atoms with E-state index < -0.39 is 0 Å². The zero-order chi connectivity index (χ0) is 17.6. The van der Waals surface area contributed by atoms with Gasteiger partial charge in [0.15, 0.2) is 5.78 Å². The van der Waals surface area contributed by atoms with Crippen LogP contribution in [0.3, 0.4) is 0 Å². The van der Waals surface area contributed by atoms with Gasteiger partial charge < -0.3 is 9.26 Å². The quantitative estimate of drug-likeness (QED) is 0.695. The standard InChI is InChI=1S/C20H17N3O3/c24-16-11-20(7-1-2-8-20)25-17-6-5-13(10-15(16)17)19-22-18(23-26-19)14-4-3-9-21-12-14/h3-6,9-10,12H,1-2,7-8,11H2. The highest BCUT2D eigenvalue weighted by Gasteiger charge is 2.42. The van der Waals surface area contributed by atoms with Crippen LogP contribution in [-0.2, 0) is 0 Å². The highest BCUT2D eigenvalue weighted by atomic mass is 16.5. The lowest BCUT2D eigenvalue weighted by atomic mass is 9.88. The molecule has 3 aromatic rings. The van der Waals surface area contributed by atoms with Crippen molar-refractivity contribution in [2.45, 2.75) is 37.7 Å². The minimum atomic E-state index is -0.288. The topological polar surface area (TPSA) is 78.1 Å². The second kappa shape index (κ2) is 5.76. The number of hydrogen-bond acceptors (Lipinski definition) is 6. The number of aromatic nitrogens is 3. The van der Waals surface area contributed by atoms with Gasteiger partial charge in [0.1, 0.15) is 11.4 Å². The largest absolute Gasteiger partial charge is 0.486 e. The Kier molecular flexibility index (Phi) is 3.38. The van der Waals surface area contributed by atoms with Crippen LogP contribution in [-0.4, -0.2) is 26.5 Å². The molecule has 2 aromatic heterocycles. The van der Waals surface area contributed by atoms with Gasteiger partial charge in [-0.3, -0.25) is 9.78 Å². The maximum atomic E-state index is 12.7. The first-order valence-corrected chi connectivity index (χ1v) is 8.83. The molecule has 0 radical (unpaired) electrons. The summed E-state index contributed by atoms with van der Waals surface area (Å²) in [5.74, 6) is 1.64. The van der Waals surface area contributed by atoms with E-state index in [-0.39, 0.29) is 11.4 Å². The molecule has 0 N–H and O–H groups in total.